The number of hydrogen-bond donors (Lipinski definition) is 0. The summed E-state index contributed by atoms with van der Waals surface area (Å²) in [6, 6.07) is 0. The molecule has 0 fully saturated rings. The van der Waals surface area contributed by atoms with Crippen LogP contribution in [0, 0.1) is 17.3 Å². The van der Waals surface area contributed by atoms with Crippen LogP contribution in [0.2, 0.25) is 5.54 Å². The molecule has 33 heavy (non-hydrogen) atoms. The minimum Gasteiger partial charge on any atom is -0.374 e. The zero-order valence-electron chi connectivity index (χ0n) is 25.2. The Morgan fingerprint density at radius 3 is 0.939 bits per heavy atom. The number of carbonyl (C=O) groups excluding carboxylic acids is 2. The van der Waals surface area contributed by atoms with E-state index in [1.54, 1.807) is 0 Å². The van der Waals surface area contributed by atoms with Crippen molar-refractivity contribution in [2.75, 3.05) is 19.8 Å². The summed E-state index contributed by atoms with van der Waals surface area (Å²) in [6.45, 7) is 34.5. The van der Waals surface area contributed by atoms with Crippen LogP contribution in [0.3, 0.4) is 0 Å². The highest BCUT2D eigenvalue weighted by Gasteiger charge is 2.45. The predicted molar refractivity (Wildman–Crippen MR) is 145 cm³/mol. The molecule has 0 heterocycles. The maximum Gasteiger partial charge on any atom is 0.503 e. The van der Waals surface area contributed by atoms with Gasteiger partial charge in [0, 0.05) is 25.4 Å². The molecule has 0 amide bonds. The zero-order chi connectivity index (χ0) is 27.5. The summed E-state index contributed by atoms with van der Waals surface area (Å²) in [5, 5.41) is 0. The van der Waals surface area contributed by atoms with Crippen LogP contribution in [0.15, 0.2) is 0 Å². The normalized spacial score (nSPS) is 11.4. The molecule has 1 unspecified atom stereocenters. The summed E-state index contributed by atoms with van der Waals surface area (Å²) in [7, 11) is -2.40. The van der Waals surface area contributed by atoms with Crippen molar-refractivity contribution >= 4 is 15.0 Å². The first-order valence-corrected chi connectivity index (χ1v) is 14.9. The van der Waals surface area contributed by atoms with Gasteiger partial charge in [-0.05, 0) is 44.4 Å². The van der Waals surface area contributed by atoms with Crippen molar-refractivity contribution in [1.29, 1.82) is 0 Å². The van der Waals surface area contributed by atoms with Crippen molar-refractivity contribution < 1.29 is 22.9 Å². The second-order valence-electron chi connectivity index (χ2n) is 9.81. The first-order valence-electron chi connectivity index (χ1n) is 13.1. The summed E-state index contributed by atoms with van der Waals surface area (Å²) >= 11 is 0. The van der Waals surface area contributed by atoms with Crippen LogP contribution in [-0.2, 0) is 22.9 Å². The molecule has 0 spiro atoms. The lowest BCUT2D eigenvalue weighted by Crippen LogP contribution is -2.49. The van der Waals surface area contributed by atoms with Gasteiger partial charge in [-0.1, -0.05) is 102 Å². The van der Waals surface area contributed by atoms with E-state index in [0.29, 0.717) is 30.8 Å². The van der Waals surface area contributed by atoms with E-state index in [-0.39, 0.29) is 6.15 Å². The van der Waals surface area contributed by atoms with Crippen molar-refractivity contribution in [1.82, 2.24) is 0 Å². The standard InChI is InChI=1S/C10H24O3Si.C6H14.2C5H12.CO2/c1-6-10(5)14(11-7-2,12-8-3)13-9-4;1-5-6(2,3)4;2*1-4-5(2)3;2-1-3/h10H,6-9H2,1-5H3;5H2,1-4H3;2*5H,4H2,1-3H3;. The fourth-order valence-electron chi connectivity index (χ4n) is 1.41. The van der Waals surface area contributed by atoms with Crippen LogP contribution >= 0.6 is 0 Å². The first-order chi connectivity index (χ1) is 15.2. The molecule has 0 aromatic heterocycles. The lowest BCUT2D eigenvalue weighted by atomic mass is 9.94. The Labute approximate surface area is 210 Å². The third-order valence-corrected chi connectivity index (χ3v) is 8.63. The van der Waals surface area contributed by atoms with Crippen molar-refractivity contribution in [3.8, 4) is 0 Å². The minimum absolute atomic E-state index is 0.250. The van der Waals surface area contributed by atoms with Gasteiger partial charge in [0.1, 0.15) is 0 Å². The molecule has 0 rings (SSSR count). The van der Waals surface area contributed by atoms with Gasteiger partial charge in [0.25, 0.3) is 0 Å². The largest absolute Gasteiger partial charge is 0.503 e. The van der Waals surface area contributed by atoms with E-state index in [1.807, 2.05) is 20.8 Å². The van der Waals surface area contributed by atoms with Crippen LogP contribution in [0.5, 0.6) is 0 Å². The summed E-state index contributed by atoms with van der Waals surface area (Å²) in [5.41, 5.74) is 0.919. The second-order valence-corrected chi connectivity index (χ2v) is 12.9. The lowest BCUT2D eigenvalue weighted by Gasteiger charge is -2.32. The monoisotopic (exact) mass is 494 g/mol. The van der Waals surface area contributed by atoms with E-state index in [0.717, 1.165) is 18.3 Å². The van der Waals surface area contributed by atoms with Crippen LogP contribution in [0.1, 0.15) is 130 Å². The summed E-state index contributed by atoms with van der Waals surface area (Å²) < 4.78 is 17.3. The van der Waals surface area contributed by atoms with Crippen LogP contribution in [0.25, 0.3) is 0 Å². The van der Waals surface area contributed by atoms with E-state index in [9.17, 15) is 0 Å². The third-order valence-electron chi connectivity index (χ3n) is 4.95. The van der Waals surface area contributed by atoms with Crippen molar-refractivity contribution in [3.05, 3.63) is 0 Å². The van der Waals surface area contributed by atoms with E-state index in [2.05, 4.69) is 83.1 Å². The molecule has 5 nitrogen and oxygen atoms in total. The van der Waals surface area contributed by atoms with Crippen molar-refractivity contribution in [2.45, 2.75) is 135 Å². The molecular weight excluding hydrogens is 432 g/mol. The van der Waals surface area contributed by atoms with Gasteiger partial charge in [-0.15, -0.1) is 0 Å². The highest BCUT2D eigenvalue weighted by atomic mass is 28.4. The molecule has 0 aliphatic carbocycles. The molecule has 0 saturated carbocycles. The van der Waals surface area contributed by atoms with Gasteiger partial charge in [0.15, 0.2) is 0 Å². The molecule has 204 valence electrons. The zero-order valence-corrected chi connectivity index (χ0v) is 26.2. The SMILES string of the molecule is CCC(C)(C)C.CCC(C)C.CCC(C)C.CCO[Si](OCC)(OCC)C(C)CC.O=C=O. The highest BCUT2D eigenvalue weighted by molar-refractivity contribution is 6.62. The van der Waals surface area contributed by atoms with Gasteiger partial charge < -0.3 is 13.3 Å². The molecule has 0 aliphatic heterocycles. The minimum atomic E-state index is -2.40. The Morgan fingerprint density at radius 2 is 0.848 bits per heavy atom. The van der Waals surface area contributed by atoms with Crippen LogP contribution < -0.4 is 0 Å². The smallest absolute Gasteiger partial charge is 0.374 e. The van der Waals surface area contributed by atoms with E-state index in [1.165, 1.54) is 19.3 Å². The van der Waals surface area contributed by atoms with Crippen LogP contribution in [-0.4, -0.2) is 34.8 Å². The molecule has 0 bridgehead atoms. The second kappa shape index (κ2) is 29.5. The fraction of sp³-hybridized carbons (Fsp3) is 0.963. The summed E-state index contributed by atoms with van der Waals surface area (Å²) in [4.78, 5) is 16.2. The molecule has 0 saturated heterocycles. The van der Waals surface area contributed by atoms with E-state index >= 15 is 0 Å². The van der Waals surface area contributed by atoms with Gasteiger partial charge in [-0.3, -0.25) is 0 Å². The van der Waals surface area contributed by atoms with E-state index < -0.39 is 8.80 Å². The Hall–Kier alpha value is -0.523. The van der Waals surface area contributed by atoms with E-state index in [4.69, 9.17) is 22.9 Å². The Kier molecular flexibility index (Phi) is 38.1. The molecular formula is C27H62O5Si. The fourth-order valence-corrected chi connectivity index (χ4v) is 4.22. The van der Waals surface area contributed by atoms with Gasteiger partial charge in [-0.25, -0.2) is 0 Å². The average molecular weight is 495 g/mol. The third kappa shape index (κ3) is 39.0. The van der Waals surface area contributed by atoms with Gasteiger partial charge in [-0.2, -0.15) is 9.59 Å². The molecule has 0 aromatic carbocycles. The quantitative estimate of drug-likeness (QED) is 0.284. The molecule has 6 heteroatoms. The summed E-state index contributed by atoms with van der Waals surface area (Å²) in [5.74, 6) is 1.77. The number of hydrogen-bond acceptors (Lipinski definition) is 5. The lowest BCUT2D eigenvalue weighted by molar-refractivity contribution is -0.191. The van der Waals surface area contributed by atoms with Gasteiger partial charge in [0.2, 0.25) is 0 Å². The van der Waals surface area contributed by atoms with Gasteiger partial charge in [0.05, 0.1) is 0 Å². The predicted octanol–water partition coefficient (Wildman–Crippen LogP) is 8.80. The van der Waals surface area contributed by atoms with Crippen molar-refractivity contribution in [2.24, 2.45) is 17.3 Å². The Morgan fingerprint density at radius 1 is 0.636 bits per heavy atom. The summed E-state index contributed by atoms with van der Waals surface area (Å²) in [6.07, 6.45) is 5.17. The molecule has 0 aromatic rings. The maximum absolute atomic E-state index is 8.12. The maximum atomic E-state index is 8.12. The molecule has 0 aliphatic rings. The van der Waals surface area contributed by atoms with Gasteiger partial charge >= 0.3 is 15.0 Å². The molecule has 1 atom stereocenters. The van der Waals surface area contributed by atoms with Crippen LogP contribution in [0.4, 0.5) is 0 Å². The topological polar surface area (TPSA) is 61.8 Å². The highest BCUT2D eigenvalue weighted by Crippen LogP contribution is 2.28. The Bertz CT molecular complexity index is 361. The number of rotatable bonds is 10. The van der Waals surface area contributed by atoms with Crippen molar-refractivity contribution in [3.63, 3.8) is 0 Å². The molecule has 0 radical (unpaired) electrons. The average Bonchev–Trinajstić information content (AvgIpc) is 2.74. The Balaban J connectivity index is -0.000000114. The molecule has 0 N–H and O–H groups in total. The first kappa shape index (κ1) is 42.6.